The number of aryl methyl sites for hydroxylation is 3. The maximum atomic E-state index is 12.3. The van der Waals surface area contributed by atoms with E-state index in [1.165, 1.54) is 0 Å². The van der Waals surface area contributed by atoms with Crippen molar-refractivity contribution in [2.24, 2.45) is 0 Å². The van der Waals surface area contributed by atoms with Crippen LogP contribution in [0.3, 0.4) is 0 Å². The Morgan fingerprint density at radius 1 is 1.08 bits per heavy atom. The number of hydrogen-bond donors (Lipinski definition) is 2. The van der Waals surface area contributed by atoms with Crippen LogP contribution in [0.1, 0.15) is 53.5 Å². The summed E-state index contributed by atoms with van der Waals surface area (Å²) in [6, 6.07) is 7.87. The summed E-state index contributed by atoms with van der Waals surface area (Å²) >= 11 is 0. The van der Waals surface area contributed by atoms with Gasteiger partial charge in [0.25, 0.3) is 5.91 Å². The van der Waals surface area contributed by atoms with E-state index in [9.17, 15) is 4.79 Å². The second kappa shape index (κ2) is 8.43. The molecule has 0 unspecified atom stereocenters. The molecule has 1 aromatic heterocycles. The predicted octanol–water partition coefficient (Wildman–Crippen LogP) is 4.07. The van der Waals surface area contributed by atoms with Crippen LogP contribution < -0.4 is 10.6 Å². The molecule has 0 radical (unpaired) electrons. The number of rotatable bonds is 7. The van der Waals surface area contributed by atoms with Gasteiger partial charge in [0.05, 0.1) is 0 Å². The third-order valence-corrected chi connectivity index (χ3v) is 3.79. The van der Waals surface area contributed by atoms with Gasteiger partial charge in [-0.2, -0.15) is 0 Å². The zero-order valence-corrected chi connectivity index (χ0v) is 14.9. The van der Waals surface area contributed by atoms with E-state index in [1.807, 2.05) is 26.8 Å². The summed E-state index contributed by atoms with van der Waals surface area (Å²) in [6.07, 6.45) is 3.23. The minimum atomic E-state index is -0.152. The first-order valence-corrected chi connectivity index (χ1v) is 8.47. The largest absolute Gasteiger partial charge is 0.351 e. The van der Waals surface area contributed by atoms with E-state index in [1.54, 1.807) is 6.07 Å². The van der Waals surface area contributed by atoms with E-state index >= 15 is 0 Å². The molecule has 2 aromatic rings. The topological polar surface area (TPSA) is 66.9 Å². The van der Waals surface area contributed by atoms with Gasteiger partial charge in [-0.15, -0.1) is 0 Å². The van der Waals surface area contributed by atoms with Crippen molar-refractivity contribution in [1.82, 2.24) is 15.3 Å². The molecule has 0 fully saturated rings. The monoisotopic (exact) mass is 326 g/mol. The number of nitrogens with zero attached hydrogens (tertiary/aromatic N) is 2. The van der Waals surface area contributed by atoms with E-state index in [0.29, 0.717) is 18.2 Å². The molecule has 24 heavy (non-hydrogen) atoms. The number of amides is 1. The van der Waals surface area contributed by atoms with Crippen molar-refractivity contribution >= 4 is 17.5 Å². The number of nitrogens with one attached hydrogen (secondary N) is 2. The van der Waals surface area contributed by atoms with Crippen LogP contribution in [0.4, 0.5) is 11.6 Å². The zero-order valence-electron chi connectivity index (χ0n) is 14.9. The van der Waals surface area contributed by atoms with Crippen molar-refractivity contribution < 1.29 is 4.79 Å². The molecule has 2 rings (SSSR count). The summed E-state index contributed by atoms with van der Waals surface area (Å²) in [4.78, 5) is 21.0. The Hall–Kier alpha value is -2.43. The summed E-state index contributed by atoms with van der Waals surface area (Å²) < 4.78 is 0. The first kappa shape index (κ1) is 17.9. The number of unbranched alkanes of at least 4 members (excludes halogenated alkanes) is 2. The average molecular weight is 326 g/mol. The molecular weight excluding hydrogens is 300 g/mol. The zero-order chi connectivity index (χ0) is 17.5. The Morgan fingerprint density at radius 2 is 1.88 bits per heavy atom. The molecule has 0 aliphatic heterocycles. The second-order valence-electron chi connectivity index (χ2n) is 6.12. The van der Waals surface area contributed by atoms with E-state index < -0.39 is 0 Å². The Balaban J connectivity index is 2.13. The molecule has 1 aromatic carbocycles. The molecule has 0 saturated carbocycles. The van der Waals surface area contributed by atoms with Crippen LogP contribution in [-0.2, 0) is 0 Å². The maximum absolute atomic E-state index is 12.3. The van der Waals surface area contributed by atoms with E-state index in [2.05, 4.69) is 39.7 Å². The lowest BCUT2D eigenvalue weighted by molar-refractivity contribution is 0.0948. The van der Waals surface area contributed by atoms with Gasteiger partial charge in [-0.25, -0.2) is 9.97 Å². The molecule has 1 amide bonds. The first-order chi connectivity index (χ1) is 11.5. The number of carbonyl (C=O) groups is 1. The summed E-state index contributed by atoms with van der Waals surface area (Å²) in [5, 5.41) is 6.14. The van der Waals surface area contributed by atoms with Crippen LogP contribution in [0.15, 0.2) is 24.3 Å². The van der Waals surface area contributed by atoms with Gasteiger partial charge in [-0.05, 0) is 50.5 Å². The molecule has 0 aliphatic carbocycles. The van der Waals surface area contributed by atoms with Crippen molar-refractivity contribution in [2.45, 2.75) is 47.0 Å². The molecule has 1 heterocycles. The highest BCUT2D eigenvalue weighted by Crippen LogP contribution is 2.20. The van der Waals surface area contributed by atoms with Crippen molar-refractivity contribution in [3.05, 3.63) is 46.8 Å². The minimum Gasteiger partial charge on any atom is -0.351 e. The summed E-state index contributed by atoms with van der Waals surface area (Å²) in [7, 11) is 0. The Bertz CT molecular complexity index is 713. The molecule has 0 spiro atoms. The SMILES string of the molecule is CCCCCNC(=O)c1cc(C)nc(Nc2cc(C)ccc2C)n1. The third kappa shape index (κ3) is 5.05. The van der Waals surface area contributed by atoms with Crippen molar-refractivity contribution in [2.75, 3.05) is 11.9 Å². The lowest BCUT2D eigenvalue weighted by Crippen LogP contribution is -2.26. The summed E-state index contributed by atoms with van der Waals surface area (Å²) in [5.41, 5.74) is 4.37. The molecule has 2 N–H and O–H groups in total. The Labute approximate surface area is 143 Å². The van der Waals surface area contributed by atoms with Crippen LogP contribution in [0.2, 0.25) is 0 Å². The van der Waals surface area contributed by atoms with Crippen LogP contribution in [-0.4, -0.2) is 22.4 Å². The highest BCUT2D eigenvalue weighted by atomic mass is 16.1. The molecule has 5 nitrogen and oxygen atoms in total. The van der Waals surface area contributed by atoms with Gasteiger partial charge in [0, 0.05) is 17.9 Å². The average Bonchev–Trinajstić information content (AvgIpc) is 2.54. The van der Waals surface area contributed by atoms with Gasteiger partial charge in [-0.1, -0.05) is 31.9 Å². The van der Waals surface area contributed by atoms with Crippen molar-refractivity contribution in [3.8, 4) is 0 Å². The van der Waals surface area contributed by atoms with E-state index in [0.717, 1.165) is 41.8 Å². The predicted molar refractivity (Wildman–Crippen MR) is 97.8 cm³/mol. The highest BCUT2D eigenvalue weighted by Gasteiger charge is 2.11. The van der Waals surface area contributed by atoms with Crippen LogP contribution in [0, 0.1) is 20.8 Å². The molecule has 0 saturated heterocycles. The van der Waals surface area contributed by atoms with Gasteiger partial charge >= 0.3 is 0 Å². The highest BCUT2D eigenvalue weighted by molar-refractivity contribution is 5.92. The van der Waals surface area contributed by atoms with Gasteiger partial charge in [0.15, 0.2) is 0 Å². The second-order valence-corrected chi connectivity index (χ2v) is 6.12. The number of hydrogen-bond acceptors (Lipinski definition) is 4. The molecule has 0 bridgehead atoms. The van der Waals surface area contributed by atoms with Gasteiger partial charge in [-0.3, -0.25) is 4.79 Å². The summed E-state index contributed by atoms with van der Waals surface area (Å²) in [6.45, 7) is 8.75. The molecule has 128 valence electrons. The van der Waals surface area contributed by atoms with Crippen molar-refractivity contribution in [3.63, 3.8) is 0 Å². The van der Waals surface area contributed by atoms with Crippen LogP contribution in [0.25, 0.3) is 0 Å². The fourth-order valence-corrected chi connectivity index (χ4v) is 2.40. The first-order valence-electron chi connectivity index (χ1n) is 8.47. The summed E-state index contributed by atoms with van der Waals surface area (Å²) in [5.74, 6) is 0.294. The lowest BCUT2D eigenvalue weighted by atomic mass is 10.1. The fourth-order valence-electron chi connectivity index (χ4n) is 2.40. The maximum Gasteiger partial charge on any atom is 0.270 e. The minimum absolute atomic E-state index is 0.152. The Morgan fingerprint density at radius 3 is 2.62 bits per heavy atom. The van der Waals surface area contributed by atoms with Crippen molar-refractivity contribution in [1.29, 1.82) is 0 Å². The quantitative estimate of drug-likeness (QED) is 0.753. The van der Waals surface area contributed by atoms with E-state index in [-0.39, 0.29) is 5.91 Å². The molecule has 0 aliphatic rings. The third-order valence-electron chi connectivity index (χ3n) is 3.79. The standard InChI is InChI=1S/C19H26N4O/c1-5-6-7-10-20-18(24)17-12-15(4)21-19(23-17)22-16-11-13(2)8-9-14(16)3/h8-9,11-12H,5-7,10H2,1-4H3,(H,20,24)(H,21,22,23). The number of aromatic nitrogens is 2. The van der Waals surface area contributed by atoms with Gasteiger partial charge in [0.1, 0.15) is 5.69 Å². The molecular formula is C19H26N4O. The van der Waals surface area contributed by atoms with E-state index in [4.69, 9.17) is 0 Å². The molecule has 0 atom stereocenters. The van der Waals surface area contributed by atoms with Gasteiger partial charge in [0.2, 0.25) is 5.95 Å². The van der Waals surface area contributed by atoms with Gasteiger partial charge < -0.3 is 10.6 Å². The number of carbonyl (C=O) groups excluding carboxylic acids is 1. The van der Waals surface area contributed by atoms with Crippen LogP contribution in [0.5, 0.6) is 0 Å². The fraction of sp³-hybridized carbons (Fsp3) is 0.421. The molecule has 5 heteroatoms. The normalized spacial score (nSPS) is 10.5. The Kier molecular flexibility index (Phi) is 6.29. The lowest BCUT2D eigenvalue weighted by Gasteiger charge is -2.11. The number of benzene rings is 1. The smallest absolute Gasteiger partial charge is 0.270 e. The number of anilines is 2. The van der Waals surface area contributed by atoms with Crippen LogP contribution >= 0.6 is 0 Å².